The number of hydrogen-bond acceptors (Lipinski definition) is 2. The molecular weight excluding hydrogens is 228 g/mol. The number of likely N-dealkylation sites (tertiary alicyclic amines) is 1. The molecule has 0 aliphatic carbocycles. The summed E-state index contributed by atoms with van der Waals surface area (Å²) in [5.41, 5.74) is 0. The lowest BCUT2D eigenvalue weighted by atomic mass is 9.85. The number of nitrogens with zero attached hydrogens (tertiary/aromatic N) is 1. The fourth-order valence-electron chi connectivity index (χ4n) is 2.56. The summed E-state index contributed by atoms with van der Waals surface area (Å²) in [4.78, 5) is 24.8. The van der Waals surface area contributed by atoms with Crippen LogP contribution in [0.15, 0.2) is 0 Å². The highest BCUT2D eigenvalue weighted by Crippen LogP contribution is 2.25. The molecule has 0 radical (unpaired) electrons. The van der Waals surface area contributed by atoms with Crippen molar-refractivity contribution in [2.24, 2.45) is 5.92 Å². The number of nitrogens with one attached hydrogen (secondary N) is 1. The fraction of sp³-hybridized carbons (Fsp3) is 0.818. The molecule has 0 aromatic heterocycles. The van der Waals surface area contributed by atoms with Crippen LogP contribution in [0.1, 0.15) is 26.2 Å². The highest BCUT2D eigenvalue weighted by atomic mass is 35.5. The molecule has 0 saturated carbocycles. The summed E-state index contributed by atoms with van der Waals surface area (Å²) in [5.74, 6) is 0.564. The number of carbonyl (C=O) groups is 2. The third-order valence-electron chi connectivity index (χ3n) is 3.47. The highest BCUT2D eigenvalue weighted by molar-refractivity contribution is 6.30. The number of piperidine rings is 2. The van der Waals surface area contributed by atoms with Crippen molar-refractivity contribution in [2.45, 2.75) is 37.6 Å². The van der Waals surface area contributed by atoms with Gasteiger partial charge in [0.25, 0.3) is 0 Å². The van der Waals surface area contributed by atoms with Crippen LogP contribution >= 0.6 is 11.6 Å². The van der Waals surface area contributed by atoms with E-state index in [-0.39, 0.29) is 17.9 Å². The van der Waals surface area contributed by atoms with Crippen LogP contribution in [-0.4, -0.2) is 41.2 Å². The third kappa shape index (κ3) is 2.32. The van der Waals surface area contributed by atoms with E-state index >= 15 is 0 Å². The maximum absolute atomic E-state index is 11.7. The number of halogens is 1. The lowest BCUT2D eigenvalue weighted by Gasteiger charge is -2.41. The summed E-state index contributed by atoms with van der Waals surface area (Å²) < 4.78 is 0. The second-order valence-electron chi connectivity index (χ2n) is 4.66. The summed E-state index contributed by atoms with van der Waals surface area (Å²) >= 11 is 5.80. The van der Waals surface area contributed by atoms with Gasteiger partial charge in [0.05, 0.1) is 0 Å². The van der Waals surface area contributed by atoms with Gasteiger partial charge in [-0.1, -0.05) is 0 Å². The van der Waals surface area contributed by atoms with Gasteiger partial charge in [0.15, 0.2) is 0 Å². The van der Waals surface area contributed by atoms with Crippen molar-refractivity contribution in [1.29, 1.82) is 0 Å². The van der Waals surface area contributed by atoms with E-state index in [4.69, 9.17) is 11.6 Å². The summed E-state index contributed by atoms with van der Waals surface area (Å²) in [6.45, 7) is 3.15. The molecule has 0 aromatic carbocycles. The molecule has 2 rings (SSSR count). The zero-order chi connectivity index (χ0) is 11.7. The van der Waals surface area contributed by atoms with Crippen LogP contribution in [0, 0.1) is 5.92 Å². The molecule has 2 aliphatic rings. The Morgan fingerprint density at radius 1 is 1.56 bits per heavy atom. The van der Waals surface area contributed by atoms with Crippen LogP contribution < -0.4 is 5.32 Å². The average Bonchev–Trinajstić information content (AvgIpc) is 2.27. The minimum atomic E-state index is -0.449. The Morgan fingerprint density at radius 3 is 3.00 bits per heavy atom. The molecule has 16 heavy (non-hydrogen) atoms. The van der Waals surface area contributed by atoms with Crippen LogP contribution in [-0.2, 0) is 9.59 Å². The standard InChI is InChI=1S/C11H17ClN2O2/c1-7(12)11(16)14-5-4-9-8(6-14)2-3-10(15)13-9/h7-9H,2-6H2,1H3,(H,13,15). The molecule has 2 heterocycles. The Kier molecular flexibility index (Phi) is 3.38. The van der Waals surface area contributed by atoms with Crippen LogP contribution in [0.4, 0.5) is 0 Å². The average molecular weight is 245 g/mol. The van der Waals surface area contributed by atoms with Gasteiger partial charge in [0.2, 0.25) is 11.8 Å². The van der Waals surface area contributed by atoms with E-state index in [0.29, 0.717) is 18.9 Å². The summed E-state index contributed by atoms with van der Waals surface area (Å²) in [5, 5.41) is 2.55. The first-order valence-electron chi connectivity index (χ1n) is 5.80. The van der Waals surface area contributed by atoms with Gasteiger partial charge < -0.3 is 10.2 Å². The van der Waals surface area contributed by atoms with Crippen LogP contribution in [0.25, 0.3) is 0 Å². The molecular formula is C11H17ClN2O2. The molecule has 5 heteroatoms. The zero-order valence-corrected chi connectivity index (χ0v) is 10.2. The summed E-state index contributed by atoms with van der Waals surface area (Å²) in [7, 11) is 0. The van der Waals surface area contributed by atoms with Crippen molar-refractivity contribution < 1.29 is 9.59 Å². The van der Waals surface area contributed by atoms with Crippen LogP contribution in [0.5, 0.6) is 0 Å². The number of alkyl halides is 1. The largest absolute Gasteiger partial charge is 0.353 e. The maximum atomic E-state index is 11.7. The first-order chi connectivity index (χ1) is 7.58. The minimum Gasteiger partial charge on any atom is -0.353 e. The molecule has 2 fully saturated rings. The van der Waals surface area contributed by atoms with Crippen molar-refractivity contribution in [3.8, 4) is 0 Å². The van der Waals surface area contributed by atoms with Crippen molar-refractivity contribution in [3.63, 3.8) is 0 Å². The molecule has 2 aliphatic heterocycles. The van der Waals surface area contributed by atoms with Crippen molar-refractivity contribution >= 4 is 23.4 Å². The SMILES string of the molecule is CC(Cl)C(=O)N1CCC2NC(=O)CCC2C1. The monoisotopic (exact) mass is 244 g/mol. The molecule has 4 nitrogen and oxygen atoms in total. The van der Waals surface area contributed by atoms with E-state index in [1.165, 1.54) is 0 Å². The fourth-order valence-corrected chi connectivity index (χ4v) is 2.70. The van der Waals surface area contributed by atoms with Gasteiger partial charge in [-0.3, -0.25) is 9.59 Å². The number of carbonyl (C=O) groups excluding carboxylic acids is 2. The van der Waals surface area contributed by atoms with E-state index in [0.717, 1.165) is 19.4 Å². The zero-order valence-electron chi connectivity index (χ0n) is 9.41. The minimum absolute atomic E-state index is 0.0111. The maximum Gasteiger partial charge on any atom is 0.240 e. The first-order valence-corrected chi connectivity index (χ1v) is 6.24. The van der Waals surface area contributed by atoms with Crippen molar-refractivity contribution in [1.82, 2.24) is 10.2 Å². The molecule has 3 atom stereocenters. The lowest BCUT2D eigenvalue weighted by Crippen LogP contribution is -2.55. The molecule has 3 unspecified atom stereocenters. The number of hydrogen-bond donors (Lipinski definition) is 1. The summed E-state index contributed by atoms with van der Waals surface area (Å²) in [6.07, 6.45) is 2.32. The predicted octanol–water partition coefficient (Wildman–Crippen LogP) is 0.741. The number of amides is 2. The molecule has 1 N–H and O–H groups in total. The Hall–Kier alpha value is -0.770. The predicted molar refractivity (Wildman–Crippen MR) is 61.2 cm³/mol. The normalized spacial score (nSPS) is 31.6. The van der Waals surface area contributed by atoms with Gasteiger partial charge in [-0.05, 0) is 25.7 Å². The smallest absolute Gasteiger partial charge is 0.240 e. The highest BCUT2D eigenvalue weighted by Gasteiger charge is 2.35. The van der Waals surface area contributed by atoms with Crippen molar-refractivity contribution in [2.75, 3.05) is 13.1 Å². The van der Waals surface area contributed by atoms with Gasteiger partial charge in [0, 0.05) is 25.6 Å². The second kappa shape index (κ2) is 4.62. The Bertz CT molecular complexity index is 306. The summed E-state index contributed by atoms with van der Waals surface area (Å²) in [6, 6.07) is 0.260. The Labute approximate surface area is 100 Å². The molecule has 2 amide bonds. The van der Waals surface area contributed by atoms with Gasteiger partial charge in [-0.15, -0.1) is 11.6 Å². The molecule has 90 valence electrons. The van der Waals surface area contributed by atoms with Crippen LogP contribution in [0.2, 0.25) is 0 Å². The third-order valence-corrected chi connectivity index (χ3v) is 3.66. The van der Waals surface area contributed by atoms with Gasteiger partial charge in [0.1, 0.15) is 5.38 Å². The lowest BCUT2D eigenvalue weighted by molar-refractivity contribution is -0.134. The first kappa shape index (κ1) is 11.7. The van der Waals surface area contributed by atoms with Gasteiger partial charge in [-0.2, -0.15) is 0 Å². The van der Waals surface area contributed by atoms with E-state index in [1.807, 2.05) is 4.90 Å². The van der Waals surface area contributed by atoms with E-state index in [2.05, 4.69) is 5.32 Å². The van der Waals surface area contributed by atoms with E-state index in [9.17, 15) is 9.59 Å². The molecule has 0 spiro atoms. The molecule has 2 saturated heterocycles. The molecule has 0 aromatic rings. The molecule has 0 bridgehead atoms. The number of rotatable bonds is 1. The van der Waals surface area contributed by atoms with Crippen molar-refractivity contribution in [3.05, 3.63) is 0 Å². The Balaban J connectivity index is 1.95. The van der Waals surface area contributed by atoms with Gasteiger partial charge >= 0.3 is 0 Å². The second-order valence-corrected chi connectivity index (χ2v) is 5.32. The van der Waals surface area contributed by atoms with Gasteiger partial charge in [-0.25, -0.2) is 0 Å². The Morgan fingerprint density at radius 2 is 2.31 bits per heavy atom. The quantitative estimate of drug-likeness (QED) is 0.692. The number of fused-ring (bicyclic) bond motifs is 1. The topological polar surface area (TPSA) is 49.4 Å². The van der Waals surface area contributed by atoms with Crippen LogP contribution in [0.3, 0.4) is 0 Å². The van der Waals surface area contributed by atoms with E-state index in [1.54, 1.807) is 6.92 Å². The van der Waals surface area contributed by atoms with E-state index < -0.39 is 5.38 Å².